The molecular formula is C26H26FN3O2. The van der Waals surface area contributed by atoms with Gasteiger partial charge in [-0.05, 0) is 36.1 Å². The quantitative estimate of drug-likeness (QED) is 0.586. The number of nitriles is 1. The molecule has 6 heteroatoms. The van der Waals surface area contributed by atoms with Gasteiger partial charge in [0.25, 0.3) is 5.56 Å². The van der Waals surface area contributed by atoms with Crippen LogP contribution in [0.1, 0.15) is 61.4 Å². The van der Waals surface area contributed by atoms with Crippen molar-refractivity contribution in [2.75, 3.05) is 0 Å². The van der Waals surface area contributed by atoms with Gasteiger partial charge in [0.05, 0.1) is 23.4 Å². The summed E-state index contributed by atoms with van der Waals surface area (Å²) < 4.78 is 16.1. The summed E-state index contributed by atoms with van der Waals surface area (Å²) in [7, 11) is 1.75. The van der Waals surface area contributed by atoms with Crippen molar-refractivity contribution in [2.24, 2.45) is 7.05 Å². The van der Waals surface area contributed by atoms with Crippen LogP contribution in [0.15, 0.2) is 47.3 Å². The van der Waals surface area contributed by atoms with E-state index in [9.17, 15) is 14.3 Å². The Balaban J connectivity index is 1.95. The first-order chi connectivity index (χ1) is 15.5. The molecule has 1 aromatic heterocycles. The summed E-state index contributed by atoms with van der Waals surface area (Å²) in [5.41, 5.74) is 2.44. The van der Waals surface area contributed by atoms with Gasteiger partial charge in [0.1, 0.15) is 17.7 Å². The molecule has 1 saturated carbocycles. The van der Waals surface area contributed by atoms with Gasteiger partial charge in [0.15, 0.2) is 0 Å². The second-order valence-corrected chi connectivity index (χ2v) is 8.41. The molecule has 1 aliphatic rings. The minimum Gasteiger partial charge on any atom is -0.392 e. The molecule has 5 nitrogen and oxygen atoms in total. The van der Waals surface area contributed by atoms with Crippen molar-refractivity contribution in [3.63, 3.8) is 0 Å². The van der Waals surface area contributed by atoms with E-state index in [1.54, 1.807) is 41.9 Å². The van der Waals surface area contributed by atoms with Crippen LogP contribution in [0.2, 0.25) is 0 Å². The number of hydrogen-bond acceptors (Lipinski definition) is 4. The summed E-state index contributed by atoms with van der Waals surface area (Å²) in [6.45, 7) is -0.0924. The standard InChI is InChI=1S/C26H26FN3O2/c1-30-25(19-6-4-2-3-5-7-19)29-24(20-12-13-21(15-28)22(27)14-20)23(26(30)32)18-10-8-17(16-31)9-11-18/h8-14,19,31H,2-7,16H2,1H3. The van der Waals surface area contributed by atoms with Crippen molar-refractivity contribution in [1.29, 1.82) is 5.26 Å². The van der Waals surface area contributed by atoms with E-state index in [1.165, 1.54) is 25.0 Å². The average molecular weight is 432 g/mol. The third-order valence-corrected chi connectivity index (χ3v) is 6.33. The van der Waals surface area contributed by atoms with Gasteiger partial charge in [-0.15, -0.1) is 0 Å². The Hall–Kier alpha value is -3.30. The van der Waals surface area contributed by atoms with Gasteiger partial charge in [-0.25, -0.2) is 9.37 Å². The molecule has 0 atom stereocenters. The highest BCUT2D eigenvalue weighted by Gasteiger charge is 2.24. The number of hydrogen-bond donors (Lipinski definition) is 1. The van der Waals surface area contributed by atoms with Crippen molar-refractivity contribution in [2.45, 2.75) is 51.0 Å². The van der Waals surface area contributed by atoms with Gasteiger partial charge in [0.2, 0.25) is 0 Å². The van der Waals surface area contributed by atoms with E-state index in [2.05, 4.69) is 0 Å². The molecule has 4 rings (SSSR count). The summed E-state index contributed by atoms with van der Waals surface area (Å²) in [6, 6.07) is 13.3. The van der Waals surface area contributed by atoms with Crippen molar-refractivity contribution < 1.29 is 9.50 Å². The highest BCUT2D eigenvalue weighted by atomic mass is 19.1. The lowest BCUT2D eigenvalue weighted by Gasteiger charge is -2.20. The van der Waals surface area contributed by atoms with Crippen molar-refractivity contribution in [3.05, 3.63) is 75.6 Å². The molecule has 1 N–H and O–H groups in total. The molecule has 164 valence electrons. The molecule has 1 heterocycles. The minimum atomic E-state index is -0.634. The van der Waals surface area contributed by atoms with E-state index in [-0.39, 0.29) is 23.6 Å². The van der Waals surface area contributed by atoms with E-state index < -0.39 is 5.82 Å². The van der Waals surface area contributed by atoms with Gasteiger partial charge >= 0.3 is 0 Å². The molecule has 0 aliphatic heterocycles. The summed E-state index contributed by atoms with van der Waals surface area (Å²) >= 11 is 0. The molecule has 0 amide bonds. The first-order valence-corrected chi connectivity index (χ1v) is 11.0. The van der Waals surface area contributed by atoms with E-state index in [1.807, 2.05) is 6.07 Å². The minimum absolute atomic E-state index is 0.0459. The highest BCUT2D eigenvalue weighted by Crippen LogP contribution is 2.34. The fourth-order valence-corrected chi connectivity index (χ4v) is 4.52. The zero-order valence-electron chi connectivity index (χ0n) is 18.1. The highest BCUT2D eigenvalue weighted by molar-refractivity contribution is 5.80. The molecule has 0 saturated heterocycles. The number of rotatable bonds is 4. The van der Waals surface area contributed by atoms with Gasteiger partial charge in [-0.2, -0.15) is 5.26 Å². The van der Waals surface area contributed by atoms with Crippen LogP contribution in [-0.2, 0) is 13.7 Å². The normalized spacial score (nSPS) is 14.7. The molecule has 0 spiro atoms. The predicted molar refractivity (Wildman–Crippen MR) is 121 cm³/mol. The maximum Gasteiger partial charge on any atom is 0.261 e. The Labute approximate surface area is 186 Å². The lowest BCUT2D eigenvalue weighted by molar-refractivity contribution is 0.282. The summed E-state index contributed by atoms with van der Waals surface area (Å²) in [6.07, 6.45) is 6.54. The fraction of sp³-hybridized carbons (Fsp3) is 0.346. The lowest BCUT2D eigenvalue weighted by atomic mass is 9.95. The Morgan fingerprint density at radius 2 is 1.75 bits per heavy atom. The third kappa shape index (κ3) is 4.21. The van der Waals surface area contributed by atoms with Crippen molar-refractivity contribution in [1.82, 2.24) is 9.55 Å². The molecule has 3 aromatic rings. The van der Waals surface area contributed by atoms with Crippen molar-refractivity contribution >= 4 is 0 Å². The molecule has 2 aromatic carbocycles. The van der Waals surface area contributed by atoms with Crippen LogP contribution in [0, 0.1) is 17.1 Å². The molecular weight excluding hydrogens is 405 g/mol. The first-order valence-electron chi connectivity index (χ1n) is 11.0. The van der Waals surface area contributed by atoms with Crippen LogP contribution in [-0.4, -0.2) is 14.7 Å². The average Bonchev–Trinajstić information content (AvgIpc) is 3.10. The number of aromatic nitrogens is 2. The summed E-state index contributed by atoms with van der Waals surface area (Å²) in [4.78, 5) is 18.6. The SMILES string of the molecule is Cn1c(C2CCCCCC2)nc(-c2ccc(C#N)c(F)c2)c(-c2ccc(CO)cc2)c1=O. The predicted octanol–water partition coefficient (Wildman–Crippen LogP) is 5.06. The molecule has 0 radical (unpaired) electrons. The fourth-order valence-electron chi connectivity index (χ4n) is 4.52. The van der Waals surface area contributed by atoms with Gasteiger partial charge < -0.3 is 5.11 Å². The van der Waals surface area contributed by atoms with E-state index in [0.29, 0.717) is 22.4 Å². The summed E-state index contributed by atoms with van der Waals surface area (Å²) in [5, 5.41) is 18.5. The largest absolute Gasteiger partial charge is 0.392 e. The van der Waals surface area contributed by atoms with Crippen LogP contribution in [0.3, 0.4) is 0 Å². The van der Waals surface area contributed by atoms with Crippen LogP contribution < -0.4 is 5.56 Å². The van der Waals surface area contributed by atoms with Crippen LogP contribution in [0.4, 0.5) is 4.39 Å². The molecule has 0 unspecified atom stereocenters. The number of halogens is 1. The third-order valence-electron chi connectivity index (χ3n) is 6.33. The monoisotopic (exact) mass is 431 g/mol. The Morgan fingerprint density at radius 3 is 2.34 bits per heavy atom. The summed E-state index contributed by atoms with van der Waals surface area (Å²) in [5.74, 6) is 0.278. The van der Waals surface area contributed by atoms with Crippen molar-refractivity contribution in [3.8, 4) is 28.5 Å². The second-order valence-electron chi connectivity index (χ2n) is 8.41. The Kier molecular flexibility index (Phi) is 6.48. The second kappa shape index (κ2) is 9.46. The Bertz CT molecular complexity index is 1220. The zero-order chi connectivity index (χ0) is 22.7. The molecule has 0 bridgehead atoms. The molecule has 1 fully saturated rings. The first kappa shape index (κ1) is 21.9. The number of benzene rings is 2. The topological polar surface area (TPSA) is 78.9 Å². The lowest BCUT2D eigenvalue weighted by Crippen LogP contribution is -2.26. The van der Waals surface area contributed by atoms with Crippen LogP contribution in [0.5, 0.6) is 0 Å². The van der Waals surface area contributed by atoms with Gasteiger partial charge in [-0.1, -0.05) is 56.0 Å². The number of aliphatic hydroxyl groups is 1. The maximum atomic E-state index is 14.5. The number of nitrogens with zero attached hydrogens (tertiary/aromatic N) is 3. The smallest absolute Gasteiger partial charge is 0.261 e. The molecule has 32 heavy (non-hydrogen) atoms. The van der Waals surface area contributed by atoms with E-state index >= 15 is 0 Å². The zero-order valence-corrected chi connectivity index (χ0v) is 18.1. The van der Waals surface area contributed by atoms with Gasteiger partial charge in [-0.3, -0.25) is 9.36 Å². The van der Waals surface area contributed by atoms with Crippen LogP contribution >= 0.6 is 0 Å². The Morgan fingerprint density at radius 1 is 1.09 bits per heavy atom. The van der Waals surface area contributed by atoms with E-state index in [4.69, 9.17) is 10.2 Å². The van der Waals surface area contributed by atoms with Crippen LogP contribution in [0.25, 0.3) is 22.4 Å². The molecule has 1 aliphatic carbocycles. The maximum absolute atomic E-state index is 14.5. The number of aliphatic hydroxyl groups excluding tert-OH is 1. The van der Waals surface area contributed by atoms with E-state index in [0.717, 1.165) is 37.1 Å². The van der Waals surface area contributed by atoms with Gasteiger partial charge in [0, 0.05) is 18.5 Å².